The third-order valence-corrected chi connectivity index (χ3v) is 4.00. The number of fused-ring (bicyclic) bond motifs is 2. The summed E-state index contributed by atoms with van der Waals surface area (Å²) in [5, 5.41) is 22.2. The van der Waals surface area contributed by atoms with E-state index in [0.717, 1.165) is 0 Å². The minimum Gasteiger partial charge on any atom is -0.507 e. The number of benzene rings is 2. The van der Waals surface area contributed by atoms with Crippen molar-refractivity contribution in [2.45, 2.75) is 0 Å². The molecule has 24 heavy (non-hydrogen) atoms. The zero-order valence-corrected chi connectivity index (χ0v) is 12.5. The molecule has 0 amide bonds. The molecule has 116 valence electrons. The Morgan fingerprint density at radius 3 is 1.58 bits per heavy atom. The number of phenols is 2. The molecule has 2 heterocycles. The lowest BCUT2D eigenvalue weighted by atomic mass is 10.0. The van der Waals surface area contributed by atoms with E-state index in [0.29, 0.717) is 21.5 Å². The van der Waals surface area contributed by atoms with Crippen LogP contribution in [0.15, 0.2) is 60.9 Å². The molecular weight excluding hydrogens is 304 g/mol. The molecule has 5 heteroatoms. The highest BCUT2D eigenvalue weighted by atomic mass is 16.3. The van der Waals surface area contributed by atoms with Crippen molar-refractivity contribution in [3.63, 3.8) is 0 Å². The lowest BCUT2D eigenvalue weighted by Gasteiger charge is -2.08. The molecule has 4 aromatic rings. The lowest BCUT2D eigenvalue weighted by Crippen LogP contribution is -2.08. The van der Waals surface area contributed by atoms with Gasteiger partial charge in [0.15, 0.2) is 0 Å². The van der Waals surface area contributed by atoms with Gasteiger partial charge in [-0.3, -0.25) is 14.8 Å². The molecular formula is C19H12N2O3. The molecule has 0 fully saturated rings. The van der Waals surface area contributed by atoms with Gasteiger partial charge in [-0.15, -0.1) is 0 Å². The van der Waals surface area contributed by atoms with Crippen molar-refractivity contribution >= 4 is 27.3 Å². The quantitative estimate of drug-likeness (QED) is 0.554. The fourth-order valence-electron chi connectivity index (χ4n) is 2.86. The van der Waals surface area contributed by atoms with Gasteiger partial charge >= 0.3 is 0 Å². The second-order valence-corrected chi connectivity index (χ2v) is 5.39. The second-order valence-electron chi connectivity index (χ2n) is 5.39. The number of nitrogens with zero attached hydrogens (tertiary/aromatic N) is 2. The van der Waals surface area contributed by atoms with Crippen LogP contribution in [0.2, 0.25) is 0 Å². The maximum atomic E-state index is 13.0. The van der Waals surface area contributed by atoms with Crippen LogP contribution >= 0.6 is 0 Å². The van der Waals surface area contributed by atoms with Crippen molar-refractivity contribution in [3.05, 3.63) is 72.3 Å². The molecule has 0 spiro atoms. The van der Waals surface area contributed by atoms with E-state index in [4.69, 9.17) is 0 Å². The molecule has 0 bridgehead atoms. The van der Waals surface area contributed by atoms with Crippen LogP contribution in [0.3, 0.4) is 0 Å². The van der Waals surface area contributed by atoms with Crippen LogP contribution < -0.4 is 0 Å². The summed E-state index contributed by atoms with van der Waals surface area (Å²) in [6.07, 6.45) is 2.97. The molecule has 4 rings (SSSR count). The number of hydrogen-bond donors (Lipinski definition) is 2. The second kappa shape index (κ2) is 5.31. The summed E-state index contributed by atoms with van der Waals surface area (Å²) in [7, 11) is 0. The maximum absolute atomic E-state index is 13.0. The number of aromatic hydroxyl groups is 2. The van der Waals surface area contributed by atoms with E-state index in [-0.39, 0.29) is 28.7 Å². The van der Waals surface area contributed by atoms with Gasteiger partial charge in [0.1, 0.15) is 22.9 Å². The minimum absolute atomic E-state index is 0.0903. The molecule has 0 saturated heterocycles. The van der Waals surface area contributed by atoms with Crippen molar-refractivity contribution in [1.29, 1.82) is 0 Å². The van der Waals surface area contributed by atoms with Gasteiger partial charge in [0.2, 0.25) is 5.78 Å². The van der Waals surface area contributed by atoms with E-state index >= 15 is 0 Å². The molecule has 0 aliphatic carbocycles. The Labute approximate surface area is 136 Å². The van der Waals surface area contributed by atoms with Crippen molar-refractivity contribution in [3.8, 4) is 11.5 Å². The van der Waals surface area contributed by atoms with E-state index < -0.39 is 0 Å². The first-order chi connectivity index (χ1) is 11.7. The van der Waals surface area contributed by atoms with Crippen molar-refractivity contribution in [2.75, 3.05) is 0 Å². The van der Waals surface area contributed by atoms with Crippen LogP contribution in [0.25, 0.3) is 21.5 Å². The molecule has 2 aromatic carbocycles. The average molecular weight is 316 g/mol. The predicted molar refractivity (Wildman–Crippen MR) is 90.2 cm³/mol. The number of ketones is 1. The van der Waals surface area contributed by atoms with Crippen molar-refractivity contribution in [2.24, 2.45) is 0 Å². The Balaban J connectivity index is 1.98. The van der Waals surface area contributed by atoms with Gasteiger partial charge < -0.3 is 10.2 Å². The topological polar surface area (TPSA) is 83.3 Å². The van der Waals surface area contributed by atoms with Crippen LogP contribution in [-0.4, -0.2) is 26.0 Å². The van der Waals surface area contributed by atoms with E-state index in [9.17, 15) is 15.0 Å². The zero-order chi connectivity index (χ0) is 16.7. The first-order valence-electron chi connectivity index (χ1n) is 7.35. The van der Waals surface area contributed by atoms with E-state index in [1.807, 2.05) is 0 Å². The molecule has 0 aliphatic rings. The van der Waals surface area contributed by atoms with Gasteiger partial charge in [-0.25, -0.2) is 0 Å². The summed E-state index contributed by atoms with van der Waals surface area (Å²) < 4.78 is 0. The number of carbonyl (C=O) groups is 1. The fourth-order valence-corrected chi connectivity index (χ4v) is 2.86. The van der Waals surface area contributed by atoms with E-state index in [1.54, 1.807) is 48.5 Å². The van der Waals surface area contributed by atoms with Crippen LogP contribution in [0.1, 0.15) is 16.2 Å². The Bertz CT molecular complexity index is 1020. The summed E-state index contributed by atoms with van der Waals surface area (Å²) >= 11 is 0. The van der Waals surface area contributed by atoms with Crippen molar-refractivity contribution in [1.82, 2.24) is 9.97 Å². The van der Waals surface area contributed by atoms with E-state index in [1.165, 1.54) is 12.4 Å². The van der Waals surface area contributed by atoms with Crippen LogP contribution in [0, 0.1) is 0 Å². The average Bonchev–Trinajstić information content (AvgIpc) is 2.61. The molecule has 5 nitrogen and oxygen atoms in total. The fraction of sp³-hybridized carbons (Fsp3) is 0. The van der Waals surface area contributed by atoms with E-state index in [2.05, 4.69) is 9.97 Å². The van der Waals surface area contributed by atoms with Crippen molar-refractivity contribution < 1.29 is 15.0 Å². The largest absolute Gasteiger partial charge is 0.507 e. The van der Waals surface area contributed by atoms with Gasteiger partial charge in [-0.1, -0.05) is 24.3 Å². The standard InChI is InChI=1S/C19H12N2O3/c22-15-5-1-3-13-11(15)7-9-20-17(13)19(24)18-14-4-2-6-16(23)12(14)8-10-21-18/h1-10,22-23H. The highest BCUT2D eigenvalue weighted by Crippen LogP contribution is 2.30. The van der Waals surface area contributed by atoms with Gasteiger partial charge in [0, 0.05) is 33.9 Å². The summed E-state index contributed by atoms with van der Waals surface area (Å²) in [5.41, 5.74) is 0.429. The number of hydrogen-bond acceptors (Lipinski definition) is 5. The molecule has 0 radical (unpaired) electrons. The van der Waals surface area contributed by atoms with Crippen LogP contribution in [0.4, 0.5) is 0 Å². The lowest BCUT2D eigenvalue weighted by molar-refractivity contribution is 0.103. The molecule has 0 atom stereocenters. The third kappa shape index (κ3) is 2.06. The van der Waals surface area contributed by atoms with Crippen LogP contribution in [-0.2, 0) is 0 Å². The normalized spacial score (nSPS) is 11.0. The zero-order valence-electron chi connectivity index (χ0n) is 12.5. The minimum atomic E-state index is -0.359. The molecule has 0 saturated carbocycles. The third-order valence-electron chi connectivity index (χ3n) is 4.00. The number of phenolic OH excluding ortho intramolecular Hbond substituents is 2. The summed E-state index contributed by atoms with van der Waals surface area (Å²) in [4.78, 5) is 21.4. The SMILES string of the molecule is O=C(c1nccc2c(O)cccc12)c1nccc2c(O)cccc12. The van der Waals surface area contributed by atoms with Gasteiger partial charge in [0.05, 0.1) is 0 Å². The molecule has 2 N–H and O–H groups in total. The Hall–Kier alpha value is -3.47. The molecule has 0 aliphatic heterocycles. The summed E-state index contributed by atoms with van der Waals surface area (Å²) in [6, 6.07) is 13.2. The summed E-state index contributed by atoms with van der Waals surface area (Å²) in [6.45, 7) is 0. The monoisotopic (exact) mass is 316 g/mol. The molecule has 2 aromatic heterocycles. The molecule has 0 unspecified atom stereocenters. The Morgan fingerprint density at radius 2 is 1.12 bits per heavy atom. The Morgan fingerprint density at radius 1 is 0.667 bits per heavy atom. The predicted octanol–water partition coefficient (Wildman–Crippen LogP) is 3.43. The number of rotatable bonds is 2. The number of aromatic nitrogens is 2. The maximum Gasteiger partial charge on any atom is 0.230 e. The Kier molecular flexibility index (Phi) is 3.13. The smallest absolute Gasteiger partial charge is 0.230 e. The van der Waals surface area contributed by atoms with Gasteiger partial charge in [-0.05, 0) is 24.3 Å². The first-order valence-corrected chi connectivity index (χ1v) is 7.35. The van der Waals surface area contributed by atoms with Gasteiger partial charge in [0.25, 0.3) is 0 Å². The number of carbonyl (C=O) groups excluding carboxylic acids is 1. The first kappa shape index (κ1) is 14.1. The summed E-state index contributed by atoms with van der Waals surface area (Å²) in [5.74, 6) is -0.178. The highest BCUT2D eigenvalue weighted by molar-refractivity contribution is 6.19. The van der Waals surface area contributed by atoms with Crippen LogP contribution in [0.5, 0.6) is 11.5 Å². The van der Waals surface area contributed by atoms with Gasteiger partial charge in [-0.2, -0.15) is 0 Å². The highest BCUT2D eigenvalue weighted by Gasteiger charge is 2.19. The number of pyridine rings is 2.